The number of rotatable bonds is 5. The lowest BCUT2D eigenvalue weighted by atomic mass is 9.98. The molecule has 0 unspecified atom stereocenters. The van der Waals surface area contributed by atoms with E-state index in [0.717, 1.165) is 6.07 Å². The molecule has 114 valence electrons. The molecule has 1 rings (SSSR count). The van der Waals surface area contributed by atoms with Gasteiger partial charge in [0.15, 0.2) is 0 Å². The van der Waals surface area contributed by atoms with Crippen molar-refractivity contribution in [2.45, 2.75) is 18.6 Å². The van der Waals surface area contributed by atoms with Gasteiger partial charge < -0.3 is 16.2 Å². The summed E-state index contributed by atoms with van der Waals surface area (Å²) in [6, 6.07) is 3.85. The highest BCUT2D eigenvalue weighted by molar-refractivity contribution is 5.85. The fraction of sp³-hybridized carbons (Fsp3) is 0.417. The quantitative estimate of drug-likeness (QED) is 0.773. The van der Waals surface area contributed by atoms with Gasteiger partial charge in [0, 0.05) is 19.0 Å². The highest BCUT2D eigenvalue weighted by Crippen LogP contribution is 2.34. The molecule has 0 aliphatic heterocycles. The first kappa shape index (κ1) is 18.7. The summed E-state index contributed by atoms with van der Waals surface area (Å²) in [5.41, 5.74) is 4.69. The van der Waals surface area contributed by atoms with Crippen LogP contribution in [0.2, 0.25) is 0 Å². The SMILES string of the molecule is Cl.N[C@@H](CC(=O)NCCO)c1ccccc1C(F)(F)F. The maximum Gasteiger partial charge on any atom is 0.416 e. The predicted octanol–water partition coefficient (Wildman–Crippen LogP) is 1.63. The molecule has 0 radical (unpaired) electrons. The summed E-state index contributed by atoms with van der Waals surface area (Å²) in [6.07, 6.45) is -4.77. The number of halogens is 4. The number of carbonyl (C=O) groups excluding carboxylic acids is 1. The minimum absolute atomic E-state index is 0. The summed E-state index contributed by atoms with van der Waals surface area (Å²) in [4.78, 5) is 11.4. The second-order valence-electron chi connectivity index (χ2n) is 3.97. The number of nitrogens with one attached hydrogen (secondary N) is 1. The number of carbonyl (C=O) groups is 1. The van der Waals surface area contributed by atoms with Gasteiger partial charge in [0.25, 0.3) is 0 Å². The van der Waals surface area contributed by atoms with E-state index in [1.807, 2.05) is 0 Å². The molecule has 20 heavy (non-hydrogen) atoms. The Bertz CT molecular complexity index is 441. The fourth-order valence-corrected chi connectivity index (χ4v) is 1.66. The molecule has 0 saturated carbocycles. The van der Waals surface area contributed by atoms with Crippen molar-refractivity contribution in [3.8, 4) is 0 Å². The van der Waals surface area contributed by atoms with E-state index in [1.165, 1.54) is 18.2 Å². The number of alkyl halides is 3. The number of nitrogens with two attached hydrogens (primary N) is 1. The third kappa shape index (κ3) is 5.36. The molecule has 0 aliphatic carbocycles. The van der Waals surface area contributed by atoms with Gasteiger partial charge in [0.2, 0.25) is 5.91 Å². The Hall–Kier alpha value is -1.31. The van der Waals surface area contributed by atoms with Crippen LogP contribution >= 0.6 is 12.4 Å². The molecule has 4 nitrogen and oxygen atoms in total. The largest absolute Gasteiger partial charge is 0.416 e. The zero-order valence-corrected chi connectivity index (χ0v) is 11.3. The van der Waals surface area contributed by atoms with Crippen molar-refractivity contribution in [2.75, 3.05) is 13.2 Å². The molecule has 1 atom stereocenters. The van der Waals surface area contributed by atoms with Gasteiger partial charge in [-0.2, -0.15) is 13.2 Å². The molecule has 1 amide bonds. The van der Waals surface area contributed by atoms with Crippen molar-refractivity contribution in [1.29, 1.82) is 0 Å². The van der Waals surface area contributed by atoms with Crippen LogP contribution in [0.15, 0.2) is 24.3 Å². The molecule has 4 N–H and O–H groups in total. The Morgan fingerprint density at radius 3 is 2.50 bits per heavy atom. The van der Waals surface area contributed by atoms with Crippen molar-refractivity contribution >= 4 is 18.3 Å². The van der Waals surface area contributed by atoms with Crippen molar-refractivity contribution in [2.24, 2.45) is 5.73 Å². The third-order valence-electron chi connectivity index (χ3n) is 2.50. The summed E-state index contributed by atoms with van der Waals surface area (Å²) >= 11 is 0. The van der Waals surface area contributed by atoms with Gasteiger partial charge in [-0.1, -0.05) is 18.2 Å². The molecule has 0 aromatic heterocycles. The molecular weight excluding hydrogens is 297 g/mol. The normalized spacial score (nSPS) is 12.4. The second-order valence-corrected chi connectivity index (χ2v) is 3.97. The zero-order chi connectivity index (χ0) is 14.5. The van der Waals surface area contributed by atoms with E-state index >= 15 is 0 Å². The lowest BCUT2D eigenvalue weighted by molar-refractivity contribution is -0.138. The summed E-state index contributed by atoms with van der Waals surface area (Å²) in [5.74, 6) is -0.501. The Morgan fingerprint density at radius 2 is 1.95 bits per heavy atom. The fourth-order valence-electron chi connectivity index (χ4n) is 1.66. The van der Waals surface area contributed by atoms with E-state index in [1.54, 1.807) is 0 Å². The Balaban J connectivity index is 0.00000361. The number of benzene rings is 1. The molecule has 1 aromatic carbocycles. The summed E-state index contributed by atoms with van der Waals surface area (Å²) in [6.45, 7) is -0.188. The minimum atomic E-state index is -4.50. The van der Waals surface area contributed by atoms with E-state index in [9.17, 15) is 18.0 Å². The first-order valence-electron chi connectivity index (χ1n) is 5.65. The number of hydrogen-bond donors (Lipinski definition) is 3. The Labute approximate surface area is 120 Å². The van der Waals surface area contributed by atoms with Crippen LogP contribution in [0.4, 0.5) is 13.2 Å². The zero-order valence-electron chi connectivity index (χ0n) is 10.5. The number of aliphatic hydroxyl groups is 1. The minimum Gasteiger partial charge on any atom is -0.395 e. The van der Waals surface area contributed by atoms with Crippen LogP contribution in [0.1, 0.15) is 23.6 Å². The number of aliphatic hydroxyl groups excluding tert-OH is 1. The number of amides is 1. The molecular formula is C12H16ClF3N2O2. The van der Waals surface area contributed by atoms with Gasteiger partial charge in [-0.25, -0.2) is 0 Å². The highest BCUT2D eigenvalue weighted by atomic mass is 35.5. The molecule has 1 aromatic rings. The smallest absolute Gasteiger partial charge is 0.395 e. The molecule has 0 spiro atoms. The maximum atomic E-state index is 12.8. The van der Waals surface area contributed by atoms with Gasteiger partial charge >= 0.3 is 6.18 Å². The second kappa shape index (κ2) is 8.08. The van der Waals surface area contributed by atoms with Gasteiger partial charge in [-0.15, -0.1) is 12.4 Å². The molecule has 0 aliphatic rings. The molecule has 0 bridgehead atoms. The van der Waals surface area contributed by atoms with E-state index < -0.39 is 23.7 Å². The topological polar surface area (TPSA) is 75.4 Å². The molecule has 0 saturated heterocycles. The van der Waals surface area contributed by atoms with Crippen LogP contribution in [0, 0.1) is 0 Å². The van der Waals surface area contributed by atoms with E-state index in [4.69, 9.17) is 10.8 Å². The van der Waals surface area contributed by atoms with Crippen LogP contribution in [-0.4, -0.2) is 24.2 Å². The van der Waals surface area contributed by atoms with Crippen LogP contribution in [0.3, 0.4) is 0 Å². The van der Waals surface area contributed by atoms with Crippen LogP contribution in [0.25, 0.3) is 0 Å². The number of hydrogen-bond acceptors (Lipinski definition) is 3. The summed E-state index contributed by atoms with van der Waals surface area (Å²) in [7, 11) is 0. The monoisotopic (exact) mass is 312 g/mol. The predicted molar refractivity (Wildman–Crippen MR) is 70.3 cm³/mol. The van der Waals surface area contributed by atoms with Gasteiger partial charge in [-0.05, 0) is 11.6 Å². The average molecular weight is 313 g/mol. The maximum absolute atomic E-state index is 12.8. The van der Waals surface area contributed by atoms with Crippen LogP contribution < -0.4 is 11.1 Å². The molecule has 8 heteroatoms. The lowest BCUT2D eigenvalue weighted by Crippen LogP contribution is -2.30. The van der Waals surface area contributed by atoms with Gasteiger partial charge in [0.1, 0.15) is 0 Å². The average Bonchev–Trinajstić information content (AvgIpc) is 2.35. The Morgan fingerprint density at radius 1 is 1.35 bits per heavy atom. The van der Waals surface area contributed by atoms with Crippen LogP contribution in [0.5, 0.6) is 0 Å². The van der Waals surface area contributed by atoms with Crippen LogP contribution in [-0.2, 0) is 11.0 Å². The van der Waals surface area contributed by atoms with E-state index in [0.29, 0.717) is 0 Å². The van der Waals surface area contributed by atoms with Crippen molar-refractivity contribution < 1.29 is 23.1 Å². The van der Waals surface area contributed by atoms with Crippen molar-refractivity contribution in [3.63, 3.8) is 0 Å². The molecule has 0 heterocycles. The van der Waals surface area contributed by atoms with Crippen molar-refractivity contribution in [3.05, 3.63) is 35.4 Å². The van der Waals surface area contributed by atoms with Crippen molar-refractivity contribution in [1.82, 2.24) is 5.32 Å². The van der Waals surface area contributed by atoms with E-state index in [-0.39, 0.29) is 37.5 Å². The molecule has 0 fully saturated rings. The Kier molecular flexibility index (Phi) is 7.55. The highest BCUT2D eigenvalue weighted by Gasteiger charge is 2.34. The standard InChI is InChI=1S/C12H15F3N2O2.ClH/c13-12(14,15)9-4-2-1-3-8(9)10(16)7-11(19)17-5-6-18;/h1-4,10,18H,5-7,16H2,(H,17,19);1H/t10-;/m0./s1. The van der Waals surface area contributed by atoms with Gasteiger partial charge in [-0.3, -0.25) is 4.79 Å². The van der Waals surface area contributed by atoms with Gasteiger partial charge in [0.05, 0.1) is 12.2 Å². The first-order valence-corrected chi connectivity index (χ1v) is 5.65. The first-order chi connectivity index (χ1) is 8.86. The summed E-state index contributed by atoms with van der Waals surface area (Å²) in [5, 5.41) is 10.9. The summed E-state index contributed by atoms with van der Waals surface area (Å²) < 4.78 is 38.3. The van der Waals surface area contributed by atoms with E-state index in [2.05, 4.69) is 5.32 Å². The third-order valence-corrected chi connectivity index (χ3v) is 2.50. The lowest BCUT2D eigenvalue weighted by Gasteiger charge is -2.17.